The molecule has 0 aliphatic carbocycles. The molecular weight excluding hydrogens is 185 g/mol. The van der Waals surface area contributed by atoms with Crippen molar-refractivity contribution in [2.75, 3.05) is 26.5 Å². The van der Waals surface area contributed by atoms with Crippen molar-refractivity contribution in [1.82, 2.24) is 5.32 Å². The van der Waals surface area contributed by atoms with Gasteiger partial charge in [0.25, 0.3) is 0 Å². The molecule has 5 heteroatoms. The van der Waals surface area contributed by atoms with Crippen LogP contribution < -0.4 is 5.32 Å². The summed E-state index contributed by atoms with van der Waals surface area (Å²) >= 11 is 1.86. The van der Waals surface area contributed by atoms with Crippen molar-refractivity contribution in [3.8, 4) is 0 Å². The van der Waals surface area contributed by atoms with Gasteiger partial charge >= 0.3 is 0 Å². The molecule has 3 nitrogen and oxygen atoms in total. The van der Waals surface area contributed by atoms with Crippen LogP contribution in [0.1, 0.15) is 0 Å². The molecule has 2 radical (unpaired) electrons. The molecule has 0 saturated carbocycles. The second-order valence-electron chi connectivity index (χ2n) is 3.61. The van der Waals surface area contributed by atoms with Crippen molar-refractivity contribution in [3.63, 3.8) is 0 Å². The van der Waals surface area contributed by atoms with Gasteiger partial charge in [-0.2, -0.15) is 11.8 Å². The quantitative estimate of drug-likeness (QED) is 0.626. The largest absolute Gasteiger partial charge is 0.377 e. The number of hydrogen-bond acceptors (Lipinski definition) is 4. The van der Waals surface area contributed by atoms with Gasteiger partial charge in [-0.25, -0.2) is 0 Å². The first-order valence-corrected chi connectivity index (χ1v) is 5.51. The van der Waals surface area contributed by atoms with Crippen LogP contribution in [0, 0.1) is 0 Å². The number of hydrogen-bond donors (Lipinski definition) is 1. The summed E-state index contributed by atoms with van der Waals surface area (Å²) in [6, 6.07) is -0.169. The molecule has 0 aromatic heterocycles. The lowest BCUT2D eigenvalue weighted by molar-refractivity contribution is -0.0579. The van der Waals surface area contributed by atoms with Crippen LogP contribution in [0.3, 0.4) is 0 Å². The zero-order valence-corrected chi connectivity index (χ0v) is 8.76. The fraction of sp³-hybridized carbons (Fsp3) is 1.00. The lowest BCUT2D eigenvalue weighted by atomic mass is 9.92. The third-order valence-corrected chi connectivity index (χ3v) is 4.32. The number of fused-ring (bicyclic) bond motifs is 2. The maximum absolute atomic E-state index is 5.85. The zero-order chi connectivity index (χ0) is 9.47. The minimum Gasteiger partial charge on any atom is -0.377 e. The lowest BCUT2D eigenvalue weighted by Crippen LogP contribution is -2.48. The van der Waals surface area contributed by atoms with E-state index >= 15 is 0 Å². The topological polar surface area (TPSA) is 30.5 Å². The molecule has 0 aromatic rings. The van der Waals surface area contributed by atoms with Crippen molar-refractivity contribution in [2.45, 2.75) is 23.0 Å². The van der Waals surface area contributed by atoms with Crippen molar-refractivity contribution in [1.29, 1.82) is 0 Å². The maximum atomic E-state index is 5.85. The van der Waals surface area contributed by atoms with E-state index in [0.29, 0.717) is 5.25 Å². The summed E-state index contributed by atoms with van der Waals surface area (Å²) in [7, 11) is 9.51. The highest BCUT2D eigenvalue weighted by Crippen LogP contribution is 2.47. The molecule has 2 heterocycles. The Hall–Kier alpha value is 0.295. The predicted octanol–water partition coefficient (Wildman–Crippen LogP) is -0.400. The molecule has 0 aromatic carbocycles. The van der Waals surface area contributed by atoms with Gasteiger partial charge in [0.1, 0.15) is 19.6 Å². The van der Waals surface area contributed by atoms with Gasteiger partial charge < -0.3 is 14.8 Å². The Morgan fingerprint density at radius 2 is 2.54 bits per heavy atom. The molecule has 2 bridgehead atoms. The third kappa shape index (κ3) is 1.33. The van der Waals surface area contributed by atoms with Gasteiger partial charge in [0.2, 0.25) is 0 Å². The molecule has 2 aliphatic heterocycles. The van der Waals surface area contributed by atoms with E-state index in [0.717, 1.165) is 12.3 Å². The minimum atomic E-state index is -0.196. The van der Waals surface area contributed by atoms with E-state index < -0.39 is 0 Å². The second kappa shape index (κ2) is 3.46. The molecule has 0 amide bonds. The molecule has 0 spiro atoms. The van der Waals surface area contributed by atoms with Gasteiger partial charge in [-0.1, -0.05) is 0 Å². The standard InChI is InChI=1S/C8H14BNO2S/c1-10-3-8-4-13-5(6(8)11-2)7(9)12-8/h5-7,10H,3-4H2,1-2H3. The molecule has 2 saturated heterocycles. The number of rotatable bonds is 3. The Morgan fingerprint density at radius 1 is 1.77 bits per heavy atom. The summed E-state index contributed by atoms with van der Waals surface area (Å²) in [5.74, 6) is 0.977. The number of ether oxygens (including phenoxy) is 2. The average molecular weight is 199 g/mol. The van der Waals surface area contributed by atoms with Gasteiger partial charge in [0, 0.05) is 25.4 Å². The predicted molar refractivity (Wildman–Crippen MR) is 54.3 cm³/mol. The second-order valence-corrected chi connectivity index (χ2v) is 4.78. The zero-order valence-electron chi connectivity index (χ0n) is 7.95. The van der Waals surface area contributed by atoms with Crippen molar-refractivity contribution >= 4 is 19.6 Å². The van der Waals surface area contributed by atoms with Crippen LogP contribution in [0.15, 0.2) is 0 Å². The average Bonchev–Trinajstić information content (AvgIpc) is 2.55. The molecule has 4 atom stereocenters. The normalized spacial score (nSPS) is 48.6. The van der Waals surface area contributed by atoms with Gasteiger partial charge in [-0.15, -0.1) is 0 Å². The third-order valence-electron chi connectivity index (χ3n) is 2.76. The van der Waals surface area contributed by atoms with E-state index in [1.54, 1.807) is 7.11 Å². The van der Waals surface area contributed by atoms with Crippen molar-refractivity contribution in [2.24, 2.45) is 0 Å². The number of nitrogens with one attached hydrogen (secondary N) is 1. The lowest BCUT2D eigenvalue weighted by Gasteiger charge is -2.30. The summed E-state index contributed by atoms with van der Waals surface area (Å²) in [6.07, 6.45) is 0.139. The van der Waals surface area contributed by atoms with Crippen molar-refractivity contribution < 1.29 is 9.47 Å². The monoisotopic (exact) mass is 199 g/mol. The summed E-state index contributed by atoms with van der Waals surface area (Å²) in [4.78, 5) is 0. The fourth-order valence-electron chi connectivity index (χ4n) is 2.25. The van der Waals surface area contributed by atoms with E-state index in [-0.39, 0.29) is 17.7 Å². The fourth-order valence-corrected chi connectivity index (χ4v) is 3.84. The van der Waals surface area contributed by atoms with E-state index in [1.165, 1.54) is 0 Å². The summed E-state index contributed by atoms with van der Waals surface area (Å²) < 4.78 is 11.2. The summed E-state index contributed by atoms with van der Waals surface area (Å²) in [6.45, 7) is 0.808. The SMILES string of the molecule is [B]C1OC2(CNC)CSC1C2OC. The van der Waals surface area contributed by atoms with Crippen LogP contribution in [-0.4, -0.2) is 57.3 Å². The van der Waals surface area contributed by atoms with Gasteiger partial charge in [0.15, 0.2) is 0 Å². The number of methoxy groups -OCH3 is 1. The molecule has 13 heavy (non-hydrogen) atoms. The van der Waals surface area contributed by atoms with Crippen LogP contribution in [-0.2, 0) is 9.47 Å². The van der Waals surface area contributed by atoms with Crippen LogP contribution in [0.2, 0.25) is 0 Å². The van der Waals surface area contributed by atoms with Gasteiger partial charge in [-0.05, 0) is 7.05 Å². The smallest absolute Gasteiger partial charge is 0.116 e. The first-order valence-electron chi connectivity index (χ1n) is 4.46. The van der Waals surface area contributed by atoms with Gasteiger partial charge in [-0.3, -0.25) is 0 Å². The van der Waals surface area contributed by atoms with Crippen LogP contribution in [0.5, 0.6) is 0 Å². The number of thioether (sulfide) groups is 1. The highest BCUT2D eigenvalue weighted by atomic mass is 32.2. The molecule has 2 fully saturated rings. The Kier molecular flexibility index (Phi) is 2.62. The summed E-state index contributed by atoms with van der Waals surface area (Å²) in [5, 5.41) is 3.44. The first-order chi connectivity index (χ1) is 6.23. The first kappa shape index (κ1) is 9.83. The van der Waals surface area contributed by atoms with E-state index in [4.69, 9.17) is 17.3 Å². The highest BCUT2D eigenvalue weighted by Gasteiger charge is 2.58. The van der Waals surface area contributed by atoms with Crippen LogP contribution in [0.25, 0.3) is 0 Å². The van der Waals surface area contributed by atoms with Crippen molar-refractivity contribution in [3.05, 3.63) is 0 Å². The Labute approximate surface area is 84.3 Å². The molecule has 1 N–H and O–H groups in total. The Morgan fingerprint density at radius 3 is 3.08 bits per heavy atom. The van der Waals surface area contributed by atoms with E-state index in [2.05, 4.69) is 5.32 Å². The molecule has 72 valence electrons. The summed E-state index contributed by atoms with van der Waals surface area (Å²) in [5.41, 5.74) is -0.196. The van der Waals surface area contributed by atoms with Crippen LogP contribution in [0.4, 0.5) is 0 Å². The number of likely N-dealkylation sites (N-methyl/N-ethyl adjacent to an activating group) is 1. The molecular formula is C8H14BNO2S. The Bertz CT molecular complexity index is 207. The van der Waals surface area contributed by atoms with Gasteiger partial charge in [0.05, 0.1) is 5.25 Å². The van der Waals surface area contributed by atoms with E-state index in [9.17, 15) is 0 Å². The molecule has 4 unspecified atom stereocenters. The minimum absolute atomic E-state index is 0.139. The van der Waals surface area contributed by atoms with E-state index in [1.807, 2.05) is 18.8 Å². The Balaban J connectivity index is 2.17. The molecule has 2 aliphatic rings. The maximum Gasteiger partial charge on any atom is 0.116 e. The molecule has 2 rings (SSSR count). The highest BCUT2D eigenvalue weighted by molar-refractivity contribution is 8.00. The van der Waals surface area contributed by atoms with Crippen LogP contribution >= 0.6 is 11.8 Å².